The normalized spacial score (nSPS) is 22.4. The number of carbonyl (C=O) groups is 2. The molecule has 2 amide bonds. The average Bonchev–Trinajstić information content (AvgIpc) is 3.35. The lowest BCUT2D eigenvalue weighted by Crippen LogP contribution is -2.49. The average molecular weight is 420 g/mol. The summed E-state index contributed by atoms with van der Waals surface area (Å²) in [5.41, 5.74) is 0.578. The van der Waals surface area contributed by atoms with E-state index in [0.29, 0.717) is 23.5 Å². The highest BCUT2D eigenvalue weighted by Crippen LogP contribution is 2.29. The van der Waals surface area contributed by atoms with Crippen molar-refractivity contribution in [3.8, 4) is 5.75 Å². The summed E-state index contributed by atoms with van der Waals surface area (Å²) >= 11 is 0. The number of carbonyl (C=O) groups excluding carboxylic acids is 2. The van der Waals surface area contributed by atoms with Crippen molar-refractivity contribution in [3.05, 3.63) is 48.4 Å². The molecule has 2 N–H and O–H groups in total. The molecule has 2 fully saturated rings. The van der Waals surface area contributed by atoms with Gasteiger partial charge in [0, 0.05) is 36.9 Å². The molecule has 2 saturated heterocycles. The maximum atomic E-state index is 12.6. The molecular weight excluding hydrogens is 394 g/mol. The molecule has 1 aromatic carbocycles. The Morgan fingerprint density at radius 2 is 1.97 bits per heavy atom. The van der Waals surface area contributed by atoms with Crippen LogP contribution in [0.5, 0.6) is 5.75 Å². The molecule has 0 aliphatic carbocycles. The number of piperidine rings is 1. The second-order valence-electron chi connectivity index (χ2n) is 7.52. The quantitative estimate of drug-likeness (QED) is 0.751. The first-order chi connectivity index (χ1) is 13.6. The second-order valence-corrected chi connectivity index (χ2v) is 7.52. The number of rotatable bonds is 6. The molecule has 2 aliphatic rings. The summed E-state index contributed by atoms with van der Waals surface area (Å²) in [5, 5.41) is 6.34. The van der Waals surface area contributed by atoms with Crippen LogP contribution in [0.3, 0.4) is 0 Å². The van der Waals surface area contributed by atoms with Crippen LogP contribution in [0.4, 0.5) is 5.69 Å². The summed E-state index contributed by atoms with van der Waals surface area (Å²) in [7, 11) is 1.86. The number of likely N-dealkylation sites (N-methyl/N-ethyl adjacent to an activating group) is 1. The first-order valence-corrected chi connectivity index (χ1v) is 9.68. The maximum absolute atomic E-state index is 12.6. The van der Waals surface area contributed by atoms with Gasteiger partial charge >= 0.3 is 0 Å². The van der Waals surface area contributed by atoms with Crippen LogP contribution in [0, 0.1) is 0 Å². The van der Waals surface area contributed by atoms with Crippen molar-refractivity contribution in [1.82, 2.24) is 10.2 Å². The third-order valence-corrected chi connectivity index (χ3v) is 5.59. The molecule has 2 unspecified atom stereocenters. The van der Waals surface area contributed by atoms with Gasteiger partial charge in [-0.25, -0.2) is 0 Å². The molecule has 2 aromatic rings. The fraction of sp³-hybridized carbons (Fsp3) is 0.429. The predicted octanol–water partition coefficient (Wildman–Crippen LogP) is 3.07. The summed E-state index contributed by atoms with van der Waals surface area (Å²) in [6.07, 6.45) is 5.87. The van der Waals surface area contributed by atoms with Gasteiger partial charge in [-0.3, -0.25) is 9.59 Å². The van der Waals surface area contributed by atoms with E-state index in [1.165, 1.54) is 19.1 Å². The number of halogens is 1. The summed E-state index contributed by atoms with van der Waals surface area (Å²) in [6, 6.07) is 11.6. The standard InChI is InChI=1S/C21H25N3O4.ClH/c1-24(17-10-15-7-8-16(11-17)22-15)20(25)13-28-18-5-2-4-14(12-18)23-21(26)19-6-3-9-27-19;/h2-6,9,12,15-17,22H,7-8,10-11,13H2,1H3,(H,23,26);1H. The van der Waals surface area contributed by atoms with Crippen molar-refractivity contribution in [1.29, 1.82) is 0 Å². The number of fused-ring (bicyclic) bond motifs is 2. The molecule has 1 aromatic heterocycles. The molecular formula is C21H26ClN3O4. The van der Waals surface area contributed by atoms with Gasteiger partial charge in [-0.1, -0.05) is 6.07 Å². The first kappa shape index (κ1) is 21.2. The molecule has 156 valence electrons. The molecule has 0 saturated carbocycles. The van der Waals surface area contributed by atoms with Crippen molar-refractivity contribution < 1.29 is 18.7 Å². The van der Waals surface area contributed by atoms with Gasteiger partial charge < -0.3 is 24.7 Å². The zero-order chi connectivity index (χ0) is 19.5. The Hall–Kier alpha value is -2.51. The van der Waals surface area contributed by atoms with Gasteiger partial charge in [0.2, 0.25) is 0 Å². The number of furan rings is 1. The lowest BCUT2D eigenvalue weighted by molar-refractivity contribution is -0.134. The van der Waals surface area contributed by atoms with Gasteiger partial charge in [-0.2, -0.15) is 0 Å². The van der Waals surface area contributed by atoms with Crippen molar-refractivity contribution in [3.63, 3.8) is 0 Å². The van der Waals surface area contributed by atoms with E-state index in [1.807, 2.05) is 11.9 Å². The minimum atomic E-state index is -0.335. The smallest absolute Gasteiger partial charge is 0.291 e. The Morgan fingerprint density at radius 1 is 1.21 bits per heavy atom. The largest absolute Gasteiger partial charge is 0.484 e. The second kappa shape index (κ2) is 9.33. The van der Waals surface area contributed by atoms with E-state index in [9.17, 15) is 9.59 Å². The Labute approximate surface area is 176 Å². The van der Waals surface area contributed by atoms with Crippen LogP contribution < -0.4 is 15.4 Å². The topological polar surface area (TPSA) is 83.8 Å². The van der Waals surface area contributed by atoms with E-state index in [4.69, 9.17) is 9.15 Å². The Bertz CT molecular complexity index is 830. The van der Waals surface area contributed by atoms with E-state index >= 15 is 0 Å². The Kier molecular flexibility index (Phi) is 6.82. The van der Waals surface area contributed by atoms with Gasteiger partial charge in [0.05, 0.1) is 6.26 Å². The summed E-state index contributed by atoms with van der Waals surface area (Å²) < 4.78 is 10.8. The van der Waals surface area contributed by atoms with Gasteiger partial charge in [0.25, 0.3) is 11.8 Å². The molecule has 4 rings (SSSR count). The molecule has 29 heavy (non-hydrogen) atoms. The van der Waals surface area contributed by atoms with Crippen LogP contribution in [-0.2, 0) is 4.79 Å². The summed E-state index contributed by atoms with van der Waals surface area (Å²) in [4.78, 5) is 26.5. The fourth-order valence-electron chi connectivity index (χ4n) is 4.06. The highest BCUT2D eigenvalue weighted by Gasteiger charge is 2.36. The third kappa shape index (κ3) is 5.10. The van der Waals surface area contributed by atoms with E-state index in [0.717, 1.165) is 12.8 Å². The monoisotopic (exact) mass is 419 g/mol. The van der Waals surface area contributed by atoms with Gasteiger partial charge in [-0.05, 0) is 49.9 Å². The summed E-state index contributed by atoms with van der Waals surface area (Å²) in [5.74, 6) is 0.401. The molecule has 2 aliphatic heterocycles. The Morgan fingerprint density at radius 3 is 2.66 bits per heavy atom. The fourth-order valence-corrected chi connectivity index (χ4v) is 4.06. The summed E-state index contributed by atoms with van der Waals surface area (Å²) in [6.45, 7) is -0.0225. The van der Waals surface area contributed by atoms with Gasteiger partial charge in [0.1, 0.15) is 5.75 Å². The zero-order valence-corrected chi connectivity index (χ0v) is 17.1. The highest BCUT2D eigenvalue weighted by atomic mass is 35.5. The van der Waals surface area contributed by atoms with Crippen LogP contribution in [-0.4, -0.2) is 48.5 Å². The molecule has 8 heteroatoms. The van der Waals surface area contributed by atoms with Crippen molar-refractivity contribution >= 4 is 29.9 Å². The Balaban J connectivity index is 0.00000240. The van der Waals surface area contributed by atoms with Crippen molar-refractivity contribution in [2.75, 3.05) is 19.0 Å². The molecule has 7 nitrogen and oxygen atoms in total. The van der Waals surface area contributed by atoms with E-state index in [2.05, 4.69) is 10.6 Å². The molecule has 3 heterocycles. The molecule has 0 spiro atoms. The number of ether oxygens (including phenoxy) is 1. The molecule has 0 radical (unpaired) electrons. The number of nitrogens with one attached hydrogen (secondary N) is 2. The van der Waals surface area contributed by atoms with Crippen LogP contribution >= 0.6 is 12.4 Å². The number of nitrogens with zero attached hydrogens (tertiary/aromatic N) is 1. The number of amides is 2. The van der Waals surface area contributed by atoms with Crippen LogP contribution in [0.1, 0.15) is 36.2 Å². The lowest BCUT2D eigenvalue weighted by atomic mass is 9.98. The van der Waals surface area contributed by atoms with Gasteiger partial charge in [-0.15, -0.1) is 12.4 Å². The lowest BCUT2D eigenvalue weighted by Gasteiger charge is -2.35. The van der Waals surface area contributed by atoms with Gasteiger partial charge in [0.15, 0.2) is 12.4 Å². The number of anilines is 1. The highest BCUT2D eigenvalue weighted by molar-refractivity contribution is 6.02. The zero-order valence-electron chi connectivity index (χ0n) is 16.3. The predicted molar refractivity (Wildman–Crippen MR) is 112 cm³/mol. The van der Waals surface area contributed by atoms with Crippen molar-refractivity contribution in [2.24, 2.45) is 0 Å². The minimum absolute atomic E-state index is 0. The van der Waals surface area contributed by atoms with E-state index < -0.39 is 0 Å². The first-order valence-electron chi connectivity index (χ1n) is 9.68. The van der Waals surface area contributed by atoms with E-state index in [-0.39, 0.29) is 42.6 Å². The molecule has 2 atom stereocenters. The SMILES string of the molecule is CN(C(=O)COc1cccc(NC(=O)c2ccco2)c1)C1CC2CCC(C1)N2.Cl. The number of hydrogen-bond acceptors (Lipinski definition) is 5. The minimum Gasteiger partial charge on any atom is -0.484 e. The number of hydrogen-bond donors (Lipinski definition) is 2. The third-order valence-electron chi connectivity index (χ3n) is 5.59. The molecule has 2 bridgehead atoms. The van der Waals surface area contributed by atoms with Crippen LogP contribution in [0.2, 0.25) is 0 Å². The maximum Gasteiger partial charge on any atom is 0.291 e. The van der Waals surface area contributed by atoms with Crippen LogP contribution in [0.25, 0.3) is 0 Å². The number of benzene rings is 1. The van der Waals surface area contributed by atoms with Crippen molar-refractivity contribution in [2.45, 2.75) is 43.8 Å². The van der Waals surface area contributed by atoms with Crippen LogP contribution in [0.15, 0.2) is 47.1 Å². The van der Waals surface area contributed by atoms with E-state index in [1.54, 1.807) is 36.4 Å².